The molecular weight excluding hydrogens is 300 g/mol. The lowest BCUT2D eigenvalue weighted by molar-refractivity contribution is 0.0668. The first-order chi connectivity index (χ1) is 11.6. The smallest absolute Gasteiger partial charge is 0.274 e. The van der Waals surface area contributed by atoms with Crippen molar-refractivity contribution in [2.75, 3.05) is 24.5 Å². The number of hydrogen-bond acceptors (Lipinski definition) is 3. The maximum Gasteiger partial charge on any atom is 0.274 e. The minimum atomic E-state index is 0.0510. The van der Waals surface area contributed by atoms with Crippen LogP contribution < -0.4 is 4.90 Å². The molecule has 1 aliphatic carbocycles. The number of aryl methyl sites for hydroxylation is 1. The first kappa shape index (κ1) is 15.2. The Bertz CT molecular complexity index is 749. The number of carbonyl (C=O) groups excluding carboxylic acids is 1. The van der Waals surface area contributed by atoms with Crippen molar-refractivity contribution in [3.05, 3.63) is 47.3 Å². The van der Waals surface area contributed by atoms with Gasteiger partial charge in [-0.15, -0.1) is 0 Å². The molecule has 1 aliphatic heterocycles. The highest BCUT2D eigenvalue weighted by atomic mass is 16.2. The second-order valence-electron chi connectivity index (χ2n) is 7.06. The number of hydrogen-bond donors (Lipinski definition) is 1. The summed E-state index contributed by atoms with van der Waals surface area (Å²) in [5.41, 5.74) is 4.23. The number of aromatic nitrogens is 2. The summed E-state index contributed by atoms with van der Waals surface area (Å²) in [6, 6.07) is 10.6. The van der Waals surface area contributed by atoms with Gasteiger partial charge in [0.2, 0.25) is 0 Å². The van der Waals surface area contributed by atoms with Crippen molar-refractivity contribution >= 4 is 11.6 Å². The number of amides is 1. The van der Waals surface area contributed by atoms with Gasteiger partial charge in [0.15, 0.2) is 0 Å². The molecular formula is C19H24N4O. The summed E-state index contributed by atoms with van der Waals surface area (Å²) >= 11 is 0. The fourth-order valence-corrected chi connectivity index (χ4v) is 3.59. The summed E-state index contributed by atoms with van der Waals surface area (Å²) in [5.74, 6) is 0.643. The molecule has 1 amide bonds. The molecule has 2 heterocycles. The predicted octanol–water partition coefficient (Wildman–Crippen LogP) is 2.95. The van der Waals surface area contributed by atoms with Gasteiger partial charge in [0.1, 0.15) is 5.69 Å². The van der Waals surface area contributed by atoms with Crippen LogP contribution in [0.5, 0.6) is 0 Å². The van der Waals surface area contributed by atoms with Crippen LogP contribution in [-0.4, -0.2) is 46.7 Å². The molecule has 1 saturated heterocycles. The first-order valence-corrected chi connectivity index (χ1v) is 8.80. The third-order valence-corrected chi connectivity index (χ3v) is 5.18. The van der Waals surface area contributed by atoms with Crippen LogP contribution in [0.1, 0.15) is 47.4 Å². The fraction of sp³-hybridized carbons (Fsp3) is 0.474. The van der Waals surface area contributed by atoms with Gasteiger partial charge in [-0.25, -0.2) is 0 Å². The lowest BCUT2D eigenvalue weighted by Crippen LogP contribution is -2.54. The Labute approximate surface area is 142 Å². The topological polar surface area (TPSA) is 52.2 Å². The van der Waals surface area contributed by atoms with E-state index in [9.17, 15) is 4.79 Å². The molecule has 1 aromatic carbocycles. The predicted molar refractivity (Wildman–Crippen MR) is 94.5 cm³/mol. The van der Waals surface area contributed by atoms with Crippen LogP contribution in [0.4, 0.5) is 5.69 Å². The van der Waals surface area contributed by atoms with Crippen LogP contribution in [0.3, 0.4) is 0 Å². The summed E-state index contributed by atoms with van der Waals surface area (Å²) in [6.45, 7) is 6.72. The lowest BCUT2D eigenvalue weighted by Gasteiger charge is -2.41. The number of para-hydroxylation sites is 1. The molecule has 0 spiro atoms. The summed E-state index contributed by atoms with van der Waals surface area (Å²) in [5, 5.41) is 7.29. The molecule has 1 saturated carbocycles. The van der Waals surface area contributed by atoms with Crippen molar-refractivity contribution in [2.24, 2.45) is 0 Å². The number of piperazine rings is 1. The Hall–Kier alpha value is -2.30. The van der Waals surface area contributed by atoms with Crippen LogP contribution >= 0.6 is 0 Å². The molecule has 2 fully saturated rings. The van der Waals surface area contributed by atoms with E-state index in [1.165, 1.54) is 24.1 Å². The van der Waals surface area contributed by atoms with E-state index in [0.29, 0.717) is 11.6 Å². The fourth-order valence-electron chi connectivity index (χ4n) is 3.59. The number of H-pyrrole nitrogens is 1. The van der Waals surface area contributed by atoms with E-state index < -0.39 is 0 Å². The third-order valence-electron chi connectivity index (χ3n) is 5.18. The molecule has 1 N–H and O–H groups in total. The van der Waals surface area contributed by atoms with E-state index in [2.05, 4.69) is 53.2 Å². The van der Waals surface area contributed by atoms with Gasteiger partial charge >= 0.3 is 0 Å². The molecule has 24 heavy (non-hydrogen) atoms. The molecule has 4 rings (SSSR count). The Balaban J connectivity index is 1.46. The molecule has 1 aromatic heterocycles. The van der Waals surface area contributed by atoms with Crippen molar-refractivity contribution in [3.63, 3.8) is 0 Å². The number of aromatic amines is 1. The minimum absolute atomic E-state index is 0.0510. The number of benzene rings is 1. The van der Waals surface area contributed by atoms with Gasteiger partial charge in [0, 0.05) is 43.0 Å². The number of nitrogens with one attached hydrogen (secondary N) is 1. The number of nitrogens with zero attached hydrogens (tertiary/aromatic N) is 3. The van der Waals surface area contributed by atoms with Crippen LogP contribution in [0.2, 0.25) is 0 Å². The van der Waals surface area contributed by atoms with Crippen LogP contribution in [0.25, 0.3) is 0 Å². The normalized spacial score (nSPS) is 21.2. The molecule has 0 unspecified atom stereocenters. The quantitative estimate of drug-likeness (QED) is 0.944. The molecule has 2 aromatic rings. The highest BCUT2D eigenvalue weighted by Crippen LogP contribution is 2.39. The zero-order valence-corrected chi connectivity index (χ0v) is 14.3. The second-order valence-corrected chi connectivity index (χ2v) is 7.06. The van der Waals surface area contributed by atoms with Crippen molar-refractivity contribution in [1.29, 1.82) is 0 Å². The monoisotopic (exact) mass is 324 g/mol. The van der Waals surface area contributed by atoms with Gasteiger partial charge in [-0.3, -0.25) is 9.89 Å². The van der Waals surface area contributed by atoms with Crippen molar-refractivity contribution in [2.45, 2.75) is 38.6 Å². The summed E-state index contributed by atoms with van der Waals surface area (Å²) in [7, 11) is 0. The average Bonchev–Trinajstić information content (AvgIpc) is 3.32. The number of rotatable bonds is 3. The summed E-state index contributed by atoms with van der Waals surface area (Å²) in [4.78, 5) is 17.1. The maximum atomic E-state index is 12.8. The molecule has 5 heteroatoms. The van der Waals surface area contributed by atoms with E-state index in [0.717, 1.165) is 25.3 Å². The van der Waals surface area contributed by atoms with E-state index in [-0.39, 0.29) is 11.9 Å². The molecule has 2 aliphatic rings. The lowest BCUT2D eigenvalue weighted by atomic mass is 10.1. The summed E-state index contributed by atoms with van der Waals surface area (Å²) in [6.07, 6.45) is 2.42. The standard InChI is InChI=1S/C19H24N4O/c1-13-5-3-4-6-18(13)22-9-10-23(14(2)12-22)19(24)17-11-16(20-21-17)15-7-8-15/h3-6,11,14-15H,7-10,12H2,1-2H3,(H,20,21)/t14-/m1/s1. The van der Waals surface area contributed by atoms with E-state index in [4.69, 9.17) is 0 Å². The van der Waals surface area contributed by atoms with Gasteiger partial charge in [0.25, 0.3) is 5.91 Å². The highest BCUT2D eigenvalue weighted by Gasteiger charge is 2.31. The van der Waals surface area contributed by atoms with Crippen molar-refractivity contribution in [3.8, 4) is 0 Å². The SMILES string of the molecule is Cc1ccccc1N1CCN(C(=O)c2cc(C3CC3)[nH]n2)[C@H](C)C1. The number of carbonyl (C=O) groups is 1. The Morgan fingerprint density at radius 3 is 2.75 bits per heavy atom. The third kappa shape index (κ3) is 2.79. The Morgan fingerprint density at radius 1 is 1.25 bits per heavy atom. The second kappa shape index (κ2) is 5.96. The Kier molecular flexibility index (Phi) is 3.79. The zero-order valence-electron chi connectivity index (χ0n) is 14.3. The van der Waals surface area contributed by atoms with Crippen molar-refractivity contribution in [1.82, 2.24) is 15.1 Å². The first-order valence-electron chi connectivity index (χ1n) is 8.80. The molecule has 0 bridgehead atoms. The maximum absolute atomic E-state index is 12.8. The van der Waals surface area contributed by atoms with Gasteiger partial charge < -0.3 is 9.80 Å². The highest BCUT2D eigenvalue weighted by molar-refractivity contribution is 5.92. The van der Waals surface area contributed by atoms with E-state index in [1.807, 2.05) is 11.0 Å². The van der Waals surface area contributed by atoms with Gasteiger partial charge in [-0.05, 0) is 44.4 Å². The van der Waals surface area contributed by atoms with E-state index in [1.54, 1.807) is 0 Å². The van der Waals surface area contributed by atoms with Crippen molar-refractivity contribution < 1.29 is 4.79 Å². The van der Waals surface area contributed by atoms with Crippen LogP contribution in [0, 0.1) is 6.92 Å². The van der Waals surface area contributed by atoms with Crippen LogP contribution in [-0.2, 0) is 0 Å². The van der Waals surface area contributed by atoms with Crippen LogP contribution in [0.15, 0.2) is 30.3 Å². The van der Waals surface area contributed by atoms with Gasteiger partial charge in [-0.2, -0.15) is 5.10 Å². The zero-order chi connectivity index (χ0) is 16.7. The molecule has 0 radical (unpaired) electrons. The van der Waals surface area contributed by atoms with Gasteiger partial charge in [0.05, 0.1) is 0 Å². The average molecular weight is 324 g/mol. The largest absolute Gasteiger partial charge is 0.367 e. The molecule has 5 nitrogen and oxygen atoms in total. The molecule has 126 valence electrons. The molecule has 1 atom stereocenters. The van der Waals surface area contributed by atoms with Gasteiger partial charge in [-0.1, -0.05) is 18.2 Å². The summed E-state index contributed by atoms with van der Waals surface area (Å²) < 4.78 is 0. The number of anilines is 1. The van der Waals surface area contributed by atoms with E-state index >= 15 is 0 Å². The minimum Gasteiger partial charge on any atom is -0.367 e. The Morgan fingerprint density at radius 2 is 2.04 bits per heavy atom.